The van der Waals surface area contributed by atoms with E-state index >= 15 is 0 Å². The van der Waals surface area contributed by atoms with Gasteiger partial charge in [-0.2, -0.15) is 0 Å². The van der Waals surface area contributed by atoms with Crippen LogP contribution in [0.2, 0.25) is 0 Å². The molecular weight excluding hydrogens is 222 g/mol. The van der Waals surface area contributed by atoms with Gasteiger partial charge in [-0.1, -0.05) is 18.6 Å². The van der Waals surface area contributed by atoms with E-state index in [0.29, 0.717) is 11.2 Å². The van der Waals surface area contributed by atoms with Crippen LogP contribution < -0.4 is 0 Å². The number of benzene rings is 1. The predicted octanol–water partition coefficient (Wildman–Crippen LogP) is 3.16. The van der Waals surface area contributed by atoms with Gasteiger partial charge in [0.2, 0.25) is 0 Å². The first-order valence-electron chi connectivity index (χ1n) is 7.19. The largest absolute Gasteiger partial charge is 0.508 e. The molecule has 1 saturated carbocycles. The lowest BCUT2D eigenvalue weighted by atomic mass is 9.69. The number of aromatic hydroxyl groups is 1. The fraction of sp³-hybridized carbons (Fsp3) is 0.625. The topological polar surface area (TPSA) is 23.5 Å². The lowest BCUT2D eigenvalue weighted by Crippen LogP contribution is -2.34. The summed E-state index contributed by atoms with van der Waals surface area (Å²) in [4.78, 5) is 2.49. The van der Waals surface area contributed by atoms with Crippen molar-refractivity contribution in [1.82, 2.24) is 4.90 Å². The normalized spacial score (nSPS) is 33.1. The first kappa shape index (κ1) is 12.0. The molecule has 0 spiro atoms. The van der Waals surface area contributed by atoms with Gasteiger partial charge in [0.25, 0.3) is 0 Å². The molecule has 1 aromatic carbocycles. The molecule has 0 radical (unpaired) electrons. The minimum absolute atomic E-state index is 0.337. The van der Waals surface area contributed by atoms with Gasteiger partial charge < -0.3 is 10.0 Å². The van der Waals surface area contributed by atoms with Crippen molar-refractivity contribution in [2.24, 2.45) is 5.92 Å². The summed E-state index contributed by atoms with van der Waals surface area (Å²) in [5, 5.41) is 9.77. The summed E-state index contributed by atoms with van der Waals surface area (Å²) in [5.41, 5.74) is 1.71. The predicted molar refractivity (Wildman–Crippen MR) is 73.9 cm³/mol. The Morgan fingerprint density at radius 1 is 1.28 bits per heavy atom. The Labute approximate surface area is 110 Å². The van der Waals surface area contributed by atoms with Gasteiger partial charge in [0, 0.05) is 6.54 Å². The van der Waals surface area contributed by atoms with E-state index < -0.39 is 0 Å². The number of rotatable bonds is 1. The summed E-state index contributed by atoms with van der Waals surface area (Å²) < 4.78 is 0. The molecule has 0 aromatic heterocycles. The zero-order valence-corrected chi connectivity index (χ0v) is 11.2. The van der Waals surface area contributed by atoms with E-state index in [2.05, 4.69) is 18.0 Å². The Hall–Kier alpha value is -1.02. The highest BCUT2D eigenvalue weighted by molar-refractivity contribution is 5.35. The molecule has 2 heteroatoms. The van der Waals surface area contributed by atoms with E-state index in [1.807, 2.05) is 12.1 Å². The lowest BCUT2D eigenvalue weighted by molar-refractivity contribution is 0.252. The fourth-order valence-electron chi connectivity index (χ4n) is 4.21. The quantitative estimate of drug-likeness (QED) is 0.821. The van der Waals surface area contributed by atoms with Crippen LogP contribution in [0.15, 0.2) is 24.3 Å². The van der Waals surface area contributed by atoms with Crippen LogP contribution in [0.1, 0.15) is 37.7 Å². The average Bonchev–Trinajstić information content (AvgIpc) is 2.66. The molecule has 1 saturated heterocycles. The van der Waals surface area contributed by atoms with Crippen LogP contribution in [0.4, 0.5) is 0 Å². The van der Waals surface area contributed by atoms with Crippen molar-refractivity contribution in [1.29, 1.82) is 0 Å². The molecule has 1 aliphatic heterocycles. The van der Waals surface area contributed by atoms with E-state index in [1.54, 1.807) is 6.07 Å². The van der Waals surface area contributed by atoms with Crippen LogP contribution in [-0.4, -0.2) is 30.1 Å². The number of hydrogen-bond acceptors (Lipinski definition) is 2. The van der Waals surface area contributed by atoms with E-state index in [-0.39, 0.29) is 0 Å². The third-order valence-electron chi connectivity index (χ3n) is 5.07. The number of hydrogen-bond donors (Lipinski definition) is 1. The molecule has 0 bridgehead atoms. The molecule has 2 atom stereocenters. The summed E-state index contributed by atoms with van der Waals surface area (Å²) in [6.07, 6.45) is 6.55. The van der Waals surface area contributed by atoms with Crippen molar-refractivity contribution in [3.63, 3.8) is 0 Å². The summed E-state index contributed by atoms with van der Waals surface area (Å²) >= 11 is 0. The highest BCUT2D eigenvalue weighted by Gasteiger charge is 2.45. The van der Waals surface area contributed by atoms with Crippen LogP contribution in [0.5, 0.6) is 5.75 Å². The minimum Gasteiger partial charge on any atom is -0.508 e. The summed E-state index contributed by atoms with van der Waals surface area (Å²) in [5.74, 6) is 1.19. The Morgan fingerprint density at radius 3 is 2.94 bits per heavy atom. The lowest BCUT2D eigenvalue weighted by Gasteiger charge is -2.35. The maximum absolute atomic E-state index is 9.77. The molecular formula is C16H23NO. The van der Waals surface area contributed by atoms with Crippen LogP contribution in [-0.2, 0) is 5.41 Å². The minimum atomic E-state index is 0.337. The molecule has 2 aliphatic rings. The molecule has 2 nitrogen and oxygen atoms in total. The molecule has 18 heavy (non-hydrogen) atoms. The van der Waals surface area contributed by atoms with E-state index in [4.69, 9.17) is 0 Å². The number of phenols is 1. The fourth-order valence-corrected chi connectivity index (χ4v) is 4.21. The standard InChI is InChI=1S/C16H23NO/c1-17-10-4-9-16(8-3-6-14(16)12-17)13-5-2-7-15(18)11-13/h2,5,7,11,14,18H,3-4,6,8-10,12H2,1H3/t14-,16+/m1/s1. The molecule has 1 N–H and O–H groups in total. The number of nitrogens with zero attached hydrogens (tertiary/aromatic N) is 1. The molecule has 2 fully saturated rings. The summed E-state index contributed by atoms with van der Waals surface area (Å²) in [6, 6.07) is 8.02. The highest BCUT2D eigenvalue weighted by atomic mass is 16.3. The van der Waals surface area contributed by atoms with Crippen molar-refractivity contribution in [2.45, 2.75) is 37.5 Å². The third-order valence-corrected chi connectivity index (χ3v) is 5.07. The maximum Gasteiger partial charge on any atom is 0.115 e. The highest BCUT2D eigenvalue weighted by Crippen LogP contribution is 2.50. The second-order valence-electron chi connectivity index (χ2n) is 6.16. The Kier molecular flexibility index (Phi) is 3.06. The molecule has 1 aliphatic carbocycles. The van der Waals surface area contributed by atoms with E-state index in [0.717, 1.165) is 5.92 Å². The monoisotopic (exact) mass is 245 g/mol. The zero-order chi connectivity index (χ0) is 12.6. The average molecular weight is 245 g/mol. The summed E-state index contributed by atoms with van der Waals surface area (Å²) in [7, 11) is 2.25. The van der Waals surface area contributed by atoms with Gasteiger partial charge in [0.15, 0.2) is 0 Å². The smallest absolute Gasteiger partial charge is 0.115 e. The first-order chi connectivity index (χ1) is 8.71. The molecule has 1 aromatic rings. The van der Waals surface area contributed by atoms with Gasteiger partial charge in [0.05, 0.1) is 0 Å². The van der Waals surface area contributed by atoms with Crippen LogP contribution >= 0.6 is 0 Å². The van der Waals surface area contributed by atoms with Crippen LogP contribution in [0.3, 0.4) is 0 Å². The van der Waals surface area contributed by atoms with Crippen molar-refractivity contribution in [3.8, 4) is 5.75 Å². The van der Waals surface area contributed by atoms with Gasteiger partial charge in [-0.05, 0) is 68.3 Å². The Morgan fingerprint density at radius 2 is 2.11 bits per heavy atom. The molecule has 1 heterocycles. The van der Waals surface area contributed by atoms with Crippen molar-refractivity contribution in [3.05, 3.63) is 29.8 Å². The van der Waals surface area contributed by atoms with Gasteiger partial charge in [0.1, 0.15) is 5.75 Å². The number of likely N-dealkylation sites (tertiary alicyclic amines) is 1. The number of phenolic OH excluding ortho intramolecular Hbond substituents is 1. The molecule has 98 valence electrons. The first-order valence-corrected chi connectivity index (χ1v) is 7.19. The van der Waals surface area contributed by atoms with E-state index in [9.17, 15) is 5.11 Å². The van der Waals surface area contributed by atoms with Gasteiger partial charge in [-0.3, -0.25) is 0 Å². The third kappa shape index (κ3) is 1.93. The van der Waals surface area contributed by atoms with Crippen LogP contribution in [0.25, 0.3) is 0 Å². The van der Waals surface area contributed by atoms with Crippen molar-refractivity contribution < 1.29 is 5.11 Å². The van der Waals surface area contributed by atoms with Gasteiger partial charge >= 0.3 is 0 Å². The Bertz CT molecular complexity index is 431. The second-order valence-corrected chi connectivity index (χ2v) is 6.16. The Balaban J connectivity index is 2.00. The summed E-state index contributed by atoms with van der Waals surface area (Å²) in [6.45, 7) is 2.44. The molecule has 0 unspecified atom stereocenters. The van der Waals surface area contributed by atoms with Gasteiger partial charge in [-0.15, -0.1) is 0 Å². The molecule has 3 rings (SSSR count). The zero-order valence-electron chi connectivity index (χ0n) is 11.2. The van der Waals surface area contributed by atoms with Crippen molar-refractivity contribution >= 4 is 0 Å². The van der Waals surface area contributed by atoms with E-state index in [1.165, 1.54) is 50.8 Å². The SMILES string of the molecule is CN1CCC[C@]2(c3cccc(O)c3)CCC[C@@H]2C1. The number of fused-ring (bicyclic) bond motifs is 1. The maximum atomic E-state index is 9.77. The van der Waals surface area contributed by atoms with Gasteiger partial charge in [-0.25, -0.2) is 0 Å². The molecule has 0 amide bonds. The van der Waals surface area contributed by atoms with Crippen LogP contribution in [0, 0.1) is 5.92 Å². The second kappa shape index (κ2) is 4.58. The van der Waals surface area contributed by atoms with Crippen molar-refractivity contribution in [2.75, 3.05) is 20.1 Å².